The van der Waals surface area contributed by atoms with Crippen LogP contribution in [0.25, 0.3) is 6.08 Å². The van der Waals surface area contributed by atoms with Crippen LogP contribution in [-0.2, 0) is 4.79 Å². The molecule has 30 heavy (non-hydrogen) atoms. The van der Waals surface area contributed by atoms with Gasteiger partial charge in [-0.05, 0) is 67.4 Å². The lowest BCUT2D eigenvalue weighted by molar-refractivity contribution is -0.384. The third-order valence-corrected chi connectivity index (χ3v) is 6.42. The van der Waals surface area contributed by atoms with Crippen molar-refractivity contribution in [1.29, 1.82) is 0 Å². The minimum Gasteiger partial charge on any atom is -0.283 e. The van der Waals surface area contributed by atoms with Crippen molar-refractivity contribution in [3.63, 3.8) is 0 Å². The van der Waals surface area contributed by atoms with Crippen LogP contribution < -0.4 is 0 Å². The average Bonchev–Trinajstić information content (AvgIpc) is 3.05. The Balaban J connectivity index is 1.66. The normalized spacial score (nSPS) is 20.3. The monoisotopic (exact) mass is 421 g/mol. The Labute approximate surface area is 179 Å². The van der Waals surface area contributed by atoms with Crippen LogP contribution in [0.5, 0.6) is 0 Å². The second-order valence-electron chi connectivity index (χ2n) is 7.66. The number of nitrogens with zero attached hydrogens (tertiary/aromatic N) is 3. The molecule has 0 aromatic heterocycles. The van der Waals surface area contributed by atoms with Crippen LogP contribution in [0, 0.1) is 17.0 Å². The van der Waals surface area contributed by atoms with E-state index in [1.54, 1.807) is 18.2 Å². The molecule has 0 N–H and O–H groups in total. The highest BCUT2D eigenvalue weighted by Gasteiger charge is 2.38. The number of amidine groups is 1. The van der Waals surface area contributed by atoms with Gasteiger partial charge in [-0.2, -0.15) is 0 Å². The quantitative estimate of drug-likeness (QED) is 0.353. The number of aryl methyl sites for hydroxylation is 1. The van der Waals surface area contributed by atoms with E-state index in [0.29, 0.717) is 10.1 Å². The average molecular weight is 422 g/mol. The topological polar surface area (TPSA) is 75.8 Å². The zero-order valence-electron chi connectivity index (χ0n) is 16.8. The maximum Gasteiger partial charge on any atom is 0.269 e. The molecular formula is C23H23N3O3S. The van der Waals surface area contributed by atoms with E-state index in [0.717, 1.165) is 42.5 Å². The summed E-state index contributed by atoms with van der Waals surface area (Å²) < 4.78 is 0. The standard InChI is InChI=1S/C23H23N3O3S/c1-16-7-11-18(12-8-16)24-23-25(19-5-3-2-4-6-19)22(27)21(30-23)15-17-9-13-20(14-10-17)26(28)29/h7-15,19H,2-6H2,1H3/b21-15+,24-23?. The summed E-state index contributed by atoms with van der Waals surface area (Å²) in [5.74, 6) is -0.0314. The maximum absolute atomic E-state index is 13.3. The van der Waals surface area contributed by atoms with E-state index >= 15 is 0 Å². The minimum atomic E-state index is -0.427. The Bertz CT molecular complexity index is 1010. The minimum absolute atomic E-state index is 0.0314. The number of rotatable bonds is 4. The Kier molecular flexibility index (Phi) is 5.99. The van der Waals surface area contributed by atoms with Crippen LogP contribution in [0.1, 0.15) is 43.2 Å². The predicted octanol–water partition coefficient (Wildman–Crippen LogP) is 5.84. The second kappa shape index (κ2) is 8.83. The van der Waals surface area contributed by atoms with Gasteiger partial charge < -0.3 is 0 Å². The summed E-state index contributed by atoms with van der Waals surface area (Å²) in [6.07, 6.45) is 7.23. The molecule has 0 bridgehead atoms. The van der Waals surface area contributed by atoms with E-state index in [1.165, 1.54) is 30.3 Å². The predicted molar refractivity (Wildman–Crippen MR) is 121 cm³/mol. The fraction of sp³-hybridized carbons (Fsp3) is 0.304. The summed E-state index contributed by atoms with van der Waals surface area (Å²) in [6, 6.07) is 14.4. The molecule has 0 unspecified atom stereocenters. The number of thioether (sulfide) groups is 1. The number of benzene rings is 2. The van der Waals surface area contributed by atoms with Gasteiger partial charge in [0.05, 0.1) is 15.5 Å². The lowest BCUT2D eigenvalue weighted by Crippen LogP contribution is -2.40. The van der Waals surface area contributed by atoms with Gasteiger partial charge in [0.1, 0.15) is 0 Å². The number of hydrogen-bond donors (Lipinski definition) is 0. The van der Waals surface area contributed by atoms with Crippen LogP contribution in [0.15, 0.2) is 58.4 Å². The third-order valence-electron chi connectivity index (χ3n) is 5.44. The smallest absolute Gasteiger partial charge is 0.269 e. The first-order valence-corrected chi connectivity index (χ1v) is 11.0. The van der Waals surface area contributed by atoms with Gasteiger partial charge in [-0.3, -0.25) is 19.8 Å². The SMILES string of the molecule is Cc1ccc(N=C2S/C(=C/c3ccc([N+](=O)[O-])cc3)C(=O)N2C2CCCCC2)cc1. The van der Waals surface area contributed by atoms with Gasteiger partial charge >= 0.3 is 0 Å². The number of aliphatic imine (C=N–C) groups is 1. The van der Waals surface area contributed by atoms with Gasteiger partial charge in [0.25, 0.3) is 11.6 Å². The number of nitro groups is 1. The number of amides is 1. The molecule has 1 aliphatic carbocycles. The molecule has 154 valence electrons. The molecule has 2 fully saturated rings. The number of carbonyl (C=O) groups is 1. The zero-order chi connectivity index (χ0) is 21.1. The number of nitro benzene ring substituents is 1. The summed E-state index contributed by atoms with van der Waals surface area (Å²) in [5.41, 5.74) is 2.79. The Morgan fingerprint density at radius 1 is 1.07 bits per heavy atom. The Morgan fingerprint density at radius 3 is 2.37 bits per heavy atom. The van der Waals surface area contributed by atoms with Crippen molar-refractivity contribution in [3.8, 4) is 0 Å². The largest absolute Gasteiger partial charge is 0.283 e. The van der Waals surface area contributed by atoms with Gasteiger partial charge in [0.2, 0.25) is 0 Å². The molecule has 1 heterocycles. The van der Waals surface area contributed by atoms with Gasteiger partial charge in [-0.25, -0.2) is 4.99 Å². The highest BCUT2D eigenvalue weighted by Crippen LogP contribution is 2.38. The highest BCUT2D eigenvalue weighted by atomic mass is 32.2. The van der Waals surface area contributed by atoms with E-state index in [-0.39, 0.29) is 17.6 Å². The van der Waals surface area contributed by atoms with Crippen LogP contribution in [0.2, 0.25) is 0 Å². The molecule has 1 saturated carbocycles. The molecule has 2 aromatic carbocycles. The van der Waals surface area contributed by atoms with Crippen molar-refractivity contribution in [3.05, 3.63) is 74.7 Å². The van der Waals surface area contributed by atoms with E-state index < -0.39 is 4.92 Å². The molecule has 1 saturated heterocycles. The van der Waals surface area contributed by atoms with Crippen molar-refractivity contribution in [1.82, 2.24) is 4.90 Å². The Hall–Kier alpha value is -2.93. The summed E-state index contributed by atoms with van der Waals surface area (Å²) >= 11 is 1.38. The molecular weight excluding hydrogens is 398 g/mol. The molecule has 1 amide bonds. The number of hydrogen-bond acceptors (Lipinski definition) is 5. The maximum atomic E-state index is 13.3. The molecule has 1 aliphatic heterocycles. The third kappa shape index (κ3) is 4.46. The molecule has 0 atom stereocenters. The van der Waals surface area contributed by atoms with Gasteiger partial charge in [0.15, 0.2) is 5.17 Å². The van der Waals surface area contributed by atoms with Crippen LogP contribution >= 0.6 is 11.8 Å². The molecule has 2 aromatic rings. The van der Waals surface area contributed by atoms with Gasteiger partial charge in [-0.1, -0.05) is 37.0 Å². The lowest BCUT2D eigenvalue weighted by Gasteiger charge is -2.30. The van der Waals surface area contributed by atoms with E-state index in [9.17, 15) is 14.9 Å². The first-order chi connectivity index (χ1) is 14.5. The number of carbonyl (C=O) groups excluding carboxylic acids is 1. The molecule has 0 spiro atoms. The van der Waals surface area contributed by atoms with Crippen molar-refractivity contribution in [2.24, 2.45) is 4.99 Å². The highest BCUT2D eigenvalue weighted by molar-refractivity contribution is 8.18. The van der Waals surface area contributed by atoms with Crippen molar-refractivity contribution in [2.45, 2.75) is 45.1 Å². The molecule has 6 nitrogen and oxygen atoms in total. The molecule has 4 rings (SSSR count). The van der Waals surface area contributed by atoms with E-state index in [4.69, 9.17) is 4.99 Å². The fourth-order valence-electron chi connectivity index (χ4n) is 3.80. The van der Waals surface area contributed by atoms with Crippen molar-refractivity contribution < 1.29 is 9.72 Å². The van der Waals surface area contributed by atoms with E-state index in [1.807, 2.05) is 36.1 Å². The Morgan fingerprint density at radius 2 is 1.73 bits per heavy atom. The van der Waals surface area contributed by atoms with Crippen molar-refractivity contribution in [2.75, 3.05) is 0 Å². The van der Waals surface area contributed by atoms with Gasteiger partial charge in [0, 0.05) is 18.2 Å². The lowest BCUT2D eigenvalue weighted by atomic mass is 9.94. The first-order valence-electron chi connectivity index (χ1n) is 10.1. The number of non-ortho nitro benzene ring substituents is 1. The van der Waals surface area contributed by atoms with Crippen LogP contribution in [-0.4, -0.2) is 26.9 Å². The van der Waals surface area contributed by atoms with Crippen LogP contribution in [0.3, 0.4) is 0 Å². The molecule has 2 aliphatic rings. The van der Waals surface area contributed by atoms with Crippen LogP contribution in [0.4, 0.5) is 11.4 Å². The fourth-order valence-corrected chi connectivity index (χ4v) is 4.86. The zero-order valence-corrected chi connectivity index (χ0v) is 17.6. The first kappa shape index (κ1) is 20.3. The molecule has 0 radical (unpaired) electrons. The second-order valence-corrected chi connectivity index (χ2v) is 8.67. The summed E-state index contributed by atoms with van der Waals surface area (Å²) in [5, 5.41) is 11.6. The van der Waals surface area contributed by atoms with Gasteiger partial charge in [-0.15, -0.1) is 0 Å². The van der Waals surface area contributed by atoms with E-state index in [2.05, 4.69) is 0 Å². The molecule has 7 heteroatoms. The summed E-state index contributed by atoms with van der Waals surface area (Å²) in [7, 11) is 0. The van der Waals surface area contributed by atoms with Crippen molar-refractivity contribution >= 4 is 40.3 Å². The summed E-state index contributed by atoms with van der Waals surface area (Å²) in [4.78, 5) is 31.0. The summed E-state index contributed by atoms with van der Waals surface area (Å²) in [6.45, 7) is 2.03.